The predicted molar refractivity (Wildman–Crippen MR) is 157 cm³/mol. The van der Waals surface area contributed by atoms with Crippen LogP contribution in [0, 0.1) is 0 Å². The lowest BCUT2D eigenvalue weighted by molar-refractivity contribution is 0.0217. The number of nitrogens with zero attached hydrogens (tertiary/aromatic N) is 4. The maximum Gasteiger partial charge on any atom is 0.410 e. The van der Waals surface area contributed by atoms with E-state index in [1.807, 2.05) is 32.9 Å². The van der Waals surface area contributed by atoms with Crippen molar-refractivity contribution in [2.75, 3.05) is 27.3 Å². The Labute approximate surface area is 243 Å². The van der Waals surface area contributed by atoms with E-state index in [0.717, 1.165) is 35.7 Å². The van der Waals surface area contributed by atoms with Crippen molar-refractivity contribution in [3.8, 4) is 0 Å². The fourth-order valence-electron chi connectivity index (χ4n) is 5.10. The van der Waals surface area contributed by atoms with Gasteiger partial charge in [0.1, 0.15) is 12.3 Å². The SMILES string of the molecule is COC(=O)c1ccc(C2(N(C)C(=O)c3nn(COCC[Si](C)(C)C)c4c3CN(C(=O)OC(C)(C)C)CC4)CC2)cc1. The Morgan fingerprint density at radius 1 is 1.10 bits per heavy atom. The summed E-state index contributed by atoms with van der Waals surface area (Å²) >= 11 is 0. The van der Waals surface area contributed by atoms with Gasteiger partial charge in [0, 0.05) is 46.0 Å². The number of methoxy groups -OCH3 is 1. The number of benzene rings is 1. The number of ether oxygens (including phenoxy) is 3. The highest BCUT2D eigenvalue weighted by Crippen LogP contribution is 2.51. The first kappa shape index (κ1) is 30.8. The number of rotatable bonds is 9. The number of aromatic nitrogens is 2. The van der Waals surface area contributed by atoms with Gasteiger partial charge in [-0.15, -0.1) is 0 Å². The van der Waals surface area contributed by atoms with Crippen LogP contribution in [0.2, 0.25) is 25.7 Å². The Hall–Kier alpha value is -3.18. The zero-order chi connectivity index (χ0) is 30.2. The average Bonchev–Trinajstić information content (AvgIpc) is 3.64. The molecular formula is C30H44N4O6Si. The number of carbonyl (C=O) groups is 3. The largest absolute Gasteiger partial charge is 0.465 e. The Morgan fingerprint density at radius 3 is 2.32 bits per heavy atom. The molecule has 224 valence electrons. The van der Waals surface area contributed by atoms with Crippen LogP contribution in [-0.4, -0.2) is 78.5 Å². The van der Waals surface area contributed by atoms with Gasteiger partial charge in [0.25, 0.3) is 5.91 Å². The summed E-state index contributed by atoms with van der Waals surface area (Å²) in [5.74, 6) is -0.604. The second kappa shape index (κ2) is 11.6. The van der Waals surface area contributed by atoms with Crippen LogP contribution in [0.1, 0.15) is 71.3 Å². The van der Waals surface area contributed by atoms with Crippen molar-refractivity contribution >= 4 is 26.0 Å². The smallest absolute Gasteiger partial charge is 0.410 e. The molecule has 1 fully saturated rings. The fourth-order valence-corrected chi connectivity index (χ4v) is 5.86. The molecule has 11 heteroatoms. The van der Waals surface area contributed by atoms with Crippen molar-refractivity contribution in [2.45, 2.75) is 90.1 Å². The lowest BCUT2D eigenvalue weighted by Crippen LogP contribution is -2.41. The van der Waals surface area contributed by atoms with Crippen LogP contribution in [0.5, 0.6) is 0 Å². The molecule has 0 N–H and O–H groups in total. The predicted octanol–water partition coefficient (Wildman–Crippen LogP) is 5.04. The molecule has 2 aromatic rings. The number of fused-ring (bicyclic) bond motifs is 1. The third-order valence-electron chi connectivity index (χ3n) is 7.71. The summed E-state index contributed by atoms with van der Waals surface area (Å²) in [5, 5.41) is 4.77. The summed E-state index contributed by atoms with van der Waals surface area (Å²) in [4.78, 5) is 42.3. The lowest BCUT2D eigenvalue weighted by Gasteiger charge is -2.31. The Bertz CT molecular complexity index is 1290. The second-order valence-electron chi connectivity index (χ2n) is 13.2. The van der Waals surface area contributed by atoms with Crippen molar-refractivity contribution in [3.05, 3.63) is 52.3 Å². The maximum atomic E-state index is 14.1. The van der Waals surface area contributed by atoms with Gasteiger partial charge in [-0.2, -0.15) is 5.10 Å². The molecular weight excluding hydrogens is 540 g/mol. The number of hydrogen-bond acceptors (Lipinski definition) is 7. The van der Waals surface area contributed by atoms with Crippen molar-refractivity contribution < 1.29 is 28.6 Å². The minimum atomic E-state index is -1.25. The van der Waals surface area contributed by atoms with Crippen LogP contribution in [0.15, 0.2) is 24.3 Å². The van der Waals surface area contributed by atoms with Crippen LogP contribution in [-0.2, 0) is 39.4 Å². The summed E-state index contributed by atoms with van der Waals surface area (Å²) in [7, 11) is 1.90. The molecule has 4 rings (SSSR count). The van der Waals surface area contributed by atoms with Crippen LogP contribution >= 0.6 is 0 Å². The lowest BCUT2D eigenvalue weighted by atomic mass is 10.00. The van der Waals surface area contributed by atoms with E-state index in [-0.39, 0.29) is 19.2 Å². The highest BCUT2D eigenvalue weighted by atomic mass is 28.3. The number of carbonyl (C=O) groups excluding carboxylic acids is 3. The van der Waals surface area contributed by atoms with E-state index in [0.29, 0.717) is 30.8 Å². The molecule has 0 unspecified atom stereocenters. The van der Waals surface area contributed by atoms with E-state index >= 15 is 0 Å². The molecule has 2 heterocycles. The standard InChI is InChI=1S/C30H44N4O6Si/c1-29(2,3)40-28(37)33-16-13-24-23(19-33)25(31-34(24)20-39-17-18-41(6,7)8)26(35)32(4)30(14-15-30)22-11-9-21(10-12-22)27(36)38-5/h9-12H,13-20H2,1-8H3. The van der Waals surface area contributed by atoms with E-state index < -0.39 is 31.3 Å². The second-order valence-corrected chi connectivity index (χ2v) is 18.9. The first-order chi connectivity index (χ1) is 19.1. The molecule has 1 saturated carbocycles. The minimum Gasteiger partial charge on any atom is -0.465 e. The zero-order valence-electron chi connectivity index (χ0n) is 25.7. The molecule has 2 amide bonds. The Balaban J connectivity index is 1.60. The monoisotopic (exact) mass is 584 g/mol. The highest BCUT2D eigenvalue weighted by Gasteiger charge is 2.51. The van der Waals surface area contributed by atoms with Gasteiger partial charge in [-0.3, -0.25) is 4.79 Å². The molecule has 0 atom stereocenters. The first-order valence-electron chi connectivity index (χ1n) is 14.3. The highest BCUT2D eigenvalue weighted by molar-refractivity contribution is 6.76. The average molecular weight is 585 g/mol. The van der Waals surface area contributed by atoms with E-state index in [2.05, 4.69) is 19.6 Å². The molecule has 1 aliphatic heterocycles. The number of esters is 1. The molecule has 0 spiro atoms. The molecule has 41 heavy (non-hydrogen) atoms. The van der Waals surface area contributed by atoms with Crippen LogP contribution < -0.4 is 0 Å². The molecule has 0 radical (unpaired) electrons. The molecule has 0 saturated heterocycles. The summed E-state index contributed by atoms with van der Waals surface area (Å²) in [5.41, 5.74) is 2.32. The van der Waals surface area contributed by atoms with Gasteiger partial charge < -0.3 is 24.0 Å². The van der Waals surface area contributed by atoms with Crippen molar-refractivity contribution in [2.24, 2.45) is 0 Å². The maximum absolute atomic E-state index is 14.1. The van der Waals surface area contributed by atoms with Crippen LogP contribution in [0.4, 0.5) is 4.79 Å². The van der Waals surface area contributed by atoms with Gasteiger partial charge in [-0.25, -0.2) is 14.3 Å². The van der Waals surface area contributed by atoms with Crippen molar-refractivity contribution in [1.82, 2.24) is 19.6 Å². The Kier molecular flexibility index (Phi) is 8.70. The summed E-state index contributed by atoms with van der Waals surface area (Å²) < 4.78 is 18.2. The number of amides is 2. The topological polar surface area (TPSA) is 103 Å². The summed E-state index contributed by atoms with van der Waals surface area (Å²) in [6.07, 6.45) is 1.76. The third-order valence-corrected chi connectivity index (χ3v) is 9.42. The van der Waals surface area contributed by atoms with E-state index in [1.54, 1.807) is 33.7 Å². The fraction of sp³-hybridized carbons (Fsp3) is 0.600. The van der Waals surface area contributed by atoms with E-state index in [1.165, 1.54) is 7.11 Å². The quantitative estimate of drug-likeness (QED) is 0.231. The van der Waals surface area contributed by atoms with Gasteiger partial charge in [0.05, 0.1) is 24.8 Å². The molecule has 1 aromatic heterocycles. The van der Waals surface area contributed by atoms with E-state index in [9.17, 15) is 14.4 Å². The normalized spacial score (nSPS) is 16.1. The third kappa shape index (κ3) is 7.01. The van der Waals surface area contributed by atoms with E-state index in [4.69, 9.17) is 19.3 Å². The summed E-state index contributed by atoms with van der Waals surface area (Å²) in [6.45, 7) is 14.1. The van der Waals surface area contributed by atoms with Crippen LogP contribution in [0.3, 0.4) is 0 Å². The van der Waals surface area contributed by atoms with Gasteiger partial charge in [-0.1, -0.05) is 31.8 Å². The molecule has 1 aromatic carbocycles. The molecule has 0 bridgehead atoms. The first-order valence-corrected chi connectivity index (χ1v) is 18.0. The summed E-state index contributed by atoms with van der Waals surface area (Å²) in [6, 6.07) is 8.26. The van der Waals surface area contributed by atoms with Crippen molar-refractivity contribution in [1.29, 1.82) is 0 Å². The number of hydrogen-bond donors (Lipinski definition) is 0. The molecule has 2 aliphatic rings. The molecule has 10 nitrogen and oxygen atoms in total. The van der Waals surface area contributed by atoms with Gasteiger partial charge in [0.2, 0.25) is 0 Å². The van der Waals surface area contributed by atoms with Gasteiger partial charge in [0.15, 0.2) is 5.69 Å². The Morgan fingerprint density at radius 2 is 1.76 bits per heavy atom. The van der Waals surface area contributed by atoms with Gasteiger partial charge in [-0.05, 0) is 57.4 Å². The molecule has 1 aliphatic carbocycles. The van der Waals surface area contributed by atoms with Gasteiger partial charge >= 0.3 is 12.1 Å². The minimum absolute atomic E-state index is 0.206. The van der Waals surface area contributed by atoms with Crippen LogP contribution in [0.25, 0.3) is 0 Å². The van der Waals surface area contributed by atoms with Crippen molar-refractivity contribution in [3.63, 3.8) is 0 Å². The zero-order valence-corrected chi connectivity index (χ0v) is 26.7.